The molecule has 2 aromatic rings. The number of nitrogens with zero attached hydrogens (tertiary/aromatic N) is 3. The SMILES string of the molecule is O=C(CCc1ccc(CC2CCN(Cc3ccncc3)CC2)cc1)N1CCCC1. The lowest BCUT2D eigenvalue weighted by Gasteiger charge is -2.32. The van der Waals surface area contributed by atoms with Crippen LogP contribution in [0.1, 0.15) is 48.8 Å². The van der Waals surface area contributed by atoms with Gasteiger partial charge in [-0.1, -0.05) is 24.3 Å². The largest absolute Gasteiger partial charge is 0.343 e. The maximum atomic E-state index is 12.2. The second-order valence-corrected chi connectivity index (χ2v) is 8.68. The molecule has 4 heteroatoms. The van der Waals surface area contributed by atoms with Crippen LogP contribution in [0.4, 0.5) is 0 Å². The van der Waals surface area contributed by atoms with Gasteiger partial charge in [0.05, 0.1) is 0 Å². The van der Waals surface area contributed by atoms with Crippen molar-refractivity contribution in [2.45, 2.75) is 51.5 Å². The number of rotatable bonds is 7. The quantitative estimate of drug-likeness (QED) is 0.713. The first-order valence-electron chi connectivity index (χ1n) is 11.2. The van der Waals surface area contributed by atoms with E-state index >= 15 is 0 Å². The number of aromatic nitrogens is 1. The van der Waals surface area contributed by atoms with Crippen molar-refractivity contribution >= 4 is 5.91 Å². The Kier molecular flexibility index (Phi) is 6.94. The molecule has 0 bridgehead atoms. The Morgan fingerprint density at radius 2 is 1.52 bits per heavy atom. The second-order valence-electron chi connectivity index (χ2n) is 8.68. The van der Waals surface area contributed by atoms with Crippen LogP contribution >= 0.6 is 0 Å². The Balaban J connectivity index is 1.19. The van der Waals surface area contributed by atoms with Crippen LogP contribution in [-0.4, -0.2) is 46.9 Å². The molecule has 154 valence electrons. The fourth-order valence-electron chi connectivity index (χ4n) is 4.65. The van der Waals surface area contributed by atoms with Crippen molar-refractivity contribution in [1.82, 2.24) is 14.8 Å². The molecule has 0 spiro atoms. The number of benzene rings is 1. The molecule has 1 amide bonds. The molecule has 0 aliphatic carbocycles. The first-order chi connectivity index (χ1) is 14.3. The van der Waals surface area contributed by atoms with Gasteiger partial charge < -0.3 is 4.90 Å². The summed E-state index contributed by atoms with van der Waals surface area (Å²) in [5.74, 6) is 1.11. The molecular weight excluding hydrogens is 358 g/mol. The zero-order chi connectivity index (χ0) is 19.9. The summed E-state index contributed by atoms with van der Waals surface area (Å²) in [6.45, 7) is 5.33. The molecule has 0 atom stereocenters. The minimum Gasteiger partial charge on any atom is -0.343 e. The van der Waals surface area contributed by atoms with E-state index in [0.29, 0.717) is 12.3 Å². The number of amides is 1. The minimum atomic E-state index is 0.324. The molecule has 4 rings (SSSR count). The van der Waals surface area contributed by atoms with Crippen molar-refractivity contribution in [1.29, 1.82) is 0 Å². The lowest BCUT2D eigenvalue weighted by Crippen LogP contribution is -2.33. The Bertz CT molecular complexity index is 760. The molecule has 1 aromatic heterocycles. The third-order valence-corrected chi connectivity index (χ3v) is 6.50. The van der Waals surface area contributed by atoms with E-state index in [4.69, 9.17) is 0 Å². The summed E-state index contributed by atoms with van der Waals surface area (Å²) in [6.07, 6.45) is 11.3. The van der Waals surface area contributed by atoms with Gasteiger partial charge in [0, 0.05) is 38.4 Å². The summed E-state index contributed by atoms with van der Waals surface area (Å²) >= 11 is 0. The molecule has 2 aliphatic heterocycles. The number of aryl methyl sites for hydroxylation is 1. The summed E-state index contributed by atoms with van der Waals surface area (Å²) in [5.41, 5.74) is 4.08. The van der Waals surface area contributed by atoms with Crippen LogP contribution in [0.25, 0.3) is 0 Å². The normalized spacial score (nSPS) is 18.3. The lowest BCUT2D eigenvalue weighted by atomic mass is 9.89. The van der Waals surface area contributed by atoms with Crippen LogP contribution in [0.15, 0.2) is 48.8 Å². The summed E-state index contributed by atoms with van der Waals surface area (Å²) < 4.78 is 0. The van der Waals surface area contributed by atoms with Gasteiger partial charge in [-0.25, -0.2) is 0 Å². The van der Waals surface area contributed by atoms with Gasteiger partial charge >= 0.3 is 0 Å². The van der Waals surface area contributed by atoms with Gasteiger partial charge in [0.1, 0.15) is 0 Å². The predicted octanol–water partition coefficient (Wildman–Crippen LogP) is 4.09. The van der Waals surface area contributed by atoms with Gasteiger partial charge in [0.25, 0.3) is 0 Å². The van der Waals surface area contributed by atoms with E-state index in [2.05, 4.69) is 46.3 Å². The molecule has 29 heavy (non-hydrogen) atoms. The van der Waals surface area contributed by atoms with Gasteiger partial charge in [-0.2, -0.15) is 0 Å². The number of carbonyl (C=O) groups excluding carboxylic acids is 1. The standard InChI is InChI=1S/C25H33N3O/c29-25(28-15-1-2-16-28)8-7-21-3-5-22(6-4-21)19-23-11-17-27(18-12-23)20-24-9-13-26-14-10-24/h3-6,9-10,13-14,23H,1-2,7-8,11-12,15-20H2. The zero-order valence-electron chi connectivity index (χ0n) is 17.4. The van der Waals surface area contributed by atoms with Gasteiger partial charge in [-0.3, -0.25) is 14.7 Å². The second kappa shape index (κ2) is 10.0. The van der Waals surface area contributed by atoms with E-state index < -0.39 is 0 Å². The predicted molar refractivity (Wildman–Crippen MR) is 117 cm³/mol. The van der Waals surface area contributed by atoms with E-state index in [0.717, 1.165) is 32.0 Å². The molecular formula is C25H33N3O. The molecule has 2 aliphatic rings. The summed E-state index contributed by atoms with van der Waals surface area (Å²) in [6, 6.07) is 13.2. The minimum absolute atomic E-state index is 0.324. The number of carbonyl (C=O) groups is 1. The summed E-state index contributed by atoms with van der Waals surface area (Å²) in [4.78, 5) is 20.9. The van der Waals surface area contributed by atoms with Crippen molar-refractivity contribution in [3.8, 4) is 0 Å². The van der Waals surface area contributed by atoms with Crippen molar-refractivity contribution in [3.05, 3.63) is 65.5 Å². The van der Waals surface area contributed by atoms with Gasteiger partial charge in [-0.15, -0.1) is 0 Å². The van der Waals surface area contributed by atoms with Crippen LogP contribution in [0.5, 0.6) is 0 Å². The third-order valence-electron chi connectivity index (χ3n) is 6.50. The molecule has 2 fully saturated rings. The maximum absolute atomic E-state index is 12.2. The topological polar surface area (TPSA) is 36.4 Å². The Hall–Kier alpha value is -2.20. The van der Waals surface area contributed by atoms with Crippen LogP contribution in [-0.2, 0) is 24.2 Å². The van der Waals surface area contributed by atoms with Crippen molar-refractivity contribution in [2.24, 2.45) is 5.92 Å². The van der Waals surface area contributed by atoms with Gasteiger partial charge in [0.2, 0.25) is 5.91 Å². The molecule has 0 saturated carbocycles. The first kappa shape index (κ1) is 20.1. The Labute approximate surface area is 174 Å². The average molecular weight is 392 g/mol. The Morgan fingerprint density at radius 1 is 0.862 bits per heavy atom. The van der Waals surface area contributed by atoms with Crippen LogP contribution in [0.3, 0.4) is 0 Å². The average Bonchev–Trinajstić information content (AvgIpc) is 3.30. The molecule has 0 radical (unpaired) electrons. The lowest BCUT2D eigenvalue weighted by molar-refractivity contribution is -0.130. The monoisotopic (exact) mass is 391 g/mol. The van der Waals surface area contributed by atoms with E-state index in [1.54, 1.807) is 0 Å². The van der Waals surface area contributed by atoms with Crippen molar-refractivity contribution < 1.29 is 4.79 Å². The molecule has 1 aromatic carbocycles. The fourth-order valence-corrected chi connectivity index (χ4v) is 4.65. The highest BCUT2D eigenvalue weighted by molar-refractivity contribution is 5.76. The summed E-state index contributed by atoms with van der Waals surface area (Å²) in [5, 5.41) is 0. The smallest absolute Gasteiger partial charge is 0.222 e. The van der Waals surface area contributed by atoms with Crippen molar-refractivity contribution in [3.63, 3.8) is 0 Å². The molecule has 3 heterocycles. The van der Waals surface area contributed by atoms with Gasteiger partial charge in [-0.05, 0) is 86.4 Å². The number of hydrogen-bond acceptors (Lipinski definition) is 3. The van der Waals surface area contributed by atoms with E-state index in [1.807, 2.05) is 17.3 Å². The highest BCUT2D eigenvalue weighted by atomic mass is 16.2. The summed E-state index contributed by atoms with van der Waals surface area (Å²) in [7, 11) is 0. The molecule has 2 saturated heterocycles. The highest BCUT2D eigenvalue weighted by Gasteiger charge is 2.20. The van der Waals surface area contributed by atoms with Crippen LogP contribution in [0, 0.1) is 5.92 Å². The number of piperidine rings is 1. The highest BCUT2D eigenvalue weighted by Crippen LogP contribution is 2.23. The maximum Gasteiger partial charge on any atom is 0.222 e. The van der Waals surface area contributed by atoms with Crippen LogP contribution in [0.2, 0.25) is 0 Å². The number of hydrogen-bond donors (Lipinski definition) is 0. The number of pyridine rings is 1. The Morgan fingerprint density at radius 3 is 2.21 bits per heavy atom. The molecule has 0 N–H and O–H groups in total. The third kappa shape index (κ3) is 5.89. The van der Waals surface area contributed by atoms with E-state index in [-0.39, 0.29) is 0 Å². The first-order valence-corrected chi connectivity index (χ1v) is 11.2. The molecule has 0 unspecified atom stereocenters. The van der Waals surface area contributed by atoms with E-state index in [9.17, 15) is 4.79 Å². The van der Waals surface area contributed by atoms with Crippen molar-refractivity contribution in [2.75, 3.05) is 26.2 Å². The van der Waals surface area contributed by atoms with E-state index in [1.165, 1.54) is 61.9 Å². The fraction of sp³-hybridized carbons (Fsp3) is 0.520. The van der Waals surface area contributed by atoms with Gasteiger partial charge in [0.15, 0.2) is 0 Å². The molecule has 4 nitrogen and oxygen atoms in total. The zero-order valence-corrected chi connectivity index (χ0v) is 17.4. The van der Waals surface area contributed by atoms with Crippen LogP contribution < -0.4 is 0 Å². The number of likely N-dealkylation sites (tertiary alicyclic amines) is 2.